The predicted octanol–water partition coefficient (Wildman–Crippen LogP) is 5.38. The fraction of sp³-hybridized carbons (Fsp3) is 0.333. The SMILES string of the molecule is C=C/C=C(/C)C(=C)c1c(CC)c(N)c(C(=C)C)c(S(=O)(=O)O)c1C(C)C. The third-order valence-electron chi connectivity index (χ3n) is 4.40. The van der Waals surface area contributed by atoms with Crippen molar-refractivity contribution in [2.45, 2.75) is 51.9 Å². The Bertz CT molecular complexity index is 904. The fourth-order valence-corrected chi connectivity index (χ4v) is 4.41. The summed E-state index contributed by atoms with van der Waals surface area (Å²) >= 11 is 0. The van der Waals surface area contributed by atoms with E-state index in [-0.39, 0.29) is 16.4 Å². The molecule has 0 radical (unpaired) electrons. The summed E-state index contributed by atoms with van der Waals surface area (Å²) in [5, 5.41) is 0. The van der Waals surface area contributed by atoms with E-state index in [0.717, 1.165) is 11.1 Å². The summed E-state index contributed by atoms with van der Waals surface area (Å²) in [5.74, 6) is -0.181. The first-order valence-corrected chi connectivity index (χ1v) is 9.94. The van der Waals surface area contributed by atoms with Gasteiger partial charge in [-0.15, -0.1) is 0 Å². The van der Waals surface area contributed by atoms with Gasteiger partial charge in [0.1, 0.15) is 4.90 Å². The monoisotopic (exact) mass is 375 g/mol. The summed E-state index contributed by atoms with van der Waals surface area (Å²) in [5.41, 5.74) is 11.0. The minimum Gasteiger partial charge on any atom is -0.398 e. The summed E-state index contributed by atoms with van der Waals surface area (Å²) < 4.78 is 34.6. The van der Waals surface area contributed by atoms with Crippen LogP contribution in [0.25, 0.3) is 11.1 Å². The summed E-state index contributed by atoms with van der Waals surface area (Å²) in [7, 11) is -4.52. The molecule has 1 aromatic rings. The number of nitrogens with two attached hydrogens (primary N) is 1. The predicted molar refractivity (Wildman–Crippen MR) is 112 cm³/mol. The average Bonchev–Trinajstić information content (AvgIpc) is 2.51. The molecule has 0 aromatic heterocycles. The second-order valence-electron chi connectivity index (χ2n) is 6.71. The molecule has 26 heavy (non-hydrogen) atoms. The molecule has 0 spiro atoms. The van der Waals surface area contributed by atoms with E-state index in [1.165, 1.54) is 0 Å². The van der Waals surface area contributed by atoms with E-state index in [2.05, 4.69) is 19.7 Å². The topological polar surface area (TPSA) is 80.4 Å². The largest absolute Gasteiger partial charge is 0.398 e. The van der Waals surface area contributed by atoms with E-state index >= 15 is 0 Å². The first-order chi connectivity index (χ1) is 11.9. The zero-order valence-corrected chi connectivity index (χ0v) is 17.1. The van der Waals surface area contributed by atoms with E-state index in [1.807, 2.05) is 33.8 Å². The molecule has 0 saturated carbocycles. The van der Waals surface area contributed by atoms with Crippen molar-refractivity contribution in [2.24, 2.45) is 0 Å². The average molecular weight is 376 g/mol. The molecule has 0 aliphatic heterocycles. The van der Waals surface area contributed by atoms with Gasteiger partial charge in [0.05, 0.1) is 0 Å². The second-order valence-corrected chi connectivity index (χ2v) is 8.07. The zero-order valence-electron chi connectivity index (χ0n) is 16.3. The molecule has 0 atom stereocenters. The molecule has 1 aromatic carbocycles. The van der Waals surface area contributed by atoms with Crippen molar-refractivity contribution < 1.29 is 13.0 Å². The quantitative estimate of drug-likeness (QED) is 0.381. The molecular formula is C21H29NO3S. The van der Waals surface area contributed by atoms with E-state index in [9.17, 15) is 13.0 Å². The second kappa shape index (κ2) is 8.06. The number of allylic oxidation sites excluding steroid dienone is 5. The Morgan fingerprint density at radius 2 is 1.77 bits per heavy atom. The molecule has 0 saturated heterocycles. The fourth-order valence-electron chi connectivity index (χ4n) is 3.25. The van der Waals surface area contributed by atoms with E-state index in [1.54, 1.807) is 13.0 Å². The molecule has 0 aliphatic carbocycles. The maximum Gasteiger partial charge on any atom is 0.295 e. The Morgan fingerprint density at radius 3 is 2.12 bits per heavy atom. The number of benzene rings is 1. The van der Waals surface area contributed by atoms with Gasteiger partial charge in [0.15, 0.2) is 0 Å². The maximum atomic E-state index is 12.3. The van der Waals surface area contributed by atoms with Crippen molar-refractivity contribution in [3.8, 4) is 0 Å². The van der Waals surface area contributed by atoms with Gasteiger partial charge in [-0.1, -0.05) is 52.7 Å². The highest BCUT2D eigenvalue weighted by Gasteiger charge is 2.31. The minimum atomic E-state index is -4.52. The standard InChI is InChI=1S/C21H29NO3S/c1-9-11-14(7)15(8)19-16(10-2)20(22)18(13(5)6)21(26(23,24)25)17(19)12(3)4/h9,11-12H,1,5,8,10,22H2,2-4,6-7H3,(H,23,24,25)/b14-11-. The van der Waals surface area contributed by atoms with E-state index in [4.69, 9.17) is 5.73 Å². The van der Waals surface area contributed by atoms with Crippen LogP contribution in [0, 0.1) is 0 Å². The molecule has 3 N–H and O–H groups in total. The minimum absolute atomic E-state index is 0.169. The van der Waals surface area contributed by atoms with Gasteiger partial charge in [-0.05, 0) is 59.6 Å². The third kappa shape index (κ3) is 4.00. The van der Waals surface area contributed by atoms with Gasteiger partial charge in [-0.3, -0.25) is 4.55 Å². The first kappa shape index (κ1) is 21.9. The maximum absolute atomic E-state index is 12.3. The number of hydrogen-bond donors (Lipinski definition) is 2. The molecular weight excluding hydrogens is 346 g/mol. The van der Waals surface area contributed by atoms with Crippen molar-refractivity contribution >= 4 is 27.0 Å². The smallest absolute Gasteiger partial charge is 0.295 e. The molecule has 142 valence electrons. The number of nitrogen functional groups attached to an aromatic ring is 1. The van der Waals surface area contributed by atoms with Crippen molar-refractivity contribution in [3.63, 3.8) is 0 Å². The Kier molecular flexibility index (Phi) is 6.80. The Hall–Kier alpha value is -2.11. The van der Waals surface area contributed by atoms with Crippen molar-refractivity contribution in [1.29, 1.82) is 0 Å². The van der Waals surface area contributed by atoms with E-state index in [0.29, 0.717) is 34.4 Å². The van der Waals surface area contributed by atoms with Crippen LogP contribution in [0.3, 0.4) is 0 Å². The van der Waals surface area contributed by atoms with Crippen LogP contribution in [-0.2, 0) is 16.5 Å². The van der Waals surface area contributed by atoms with Crippen molar-refractivity contribution in [1.82, 2.24) is 0 Å². The highest BCUT2D eigenvalue weighted by molar-refractivity contribution is 7.86. The van der Waals surface area contributed by atoms with Gasteiger partial charge in [0.25, 0.3) is 10.1 Å². The molecule has 1 rings (SSSR count). The summed E-state index contributed by atoms with van der Waals surface area (Å²) in [6, 6.07) is 0. The van der Waals surface area contributed by atoms with Crippen molar-refractivity contribution in [3.05, 3.63) is 59.7 Å². The Morgan fingerprint density at radius 1 is 1.23 bits per heavy atom. The molecule has 0 aliphatic rings. The molecule has 0 amide bonds. The molecule has 0 fully saturated rings. The molecule has 0 bridgehead atoms. The van der Waals surface area contributed by atoms with Crippen molar-refractivity contribution in [2.75, 3.05) is 5.73 Å². The first-order valence-electron chi connectivity index (χ1n) is 8.50. The lowest BCUT2D eigenvalue weighted by molar-refractivity contribution is 0.481. The highest BCUT2D eigenvalue weighted by atomic mass is 32.2. The molecule has 4 nitrogen and oxygen atoms in total. The molecule has 0 unspecified atom stereocenters. The van der Waals surface area contributed by atoms with Crippen LogP contribution in [0.5, 0.6) is 0 Å². The van der Waals surface area contributed by atoms with Crippen LogP contribution < -0.4 is 5.73 Å². The molecule has 5 heteroatoms. The van der Waals surface area contributed by atoms with Gasteiger partial charge in [0, 0.05) is 11.3 Å². The van der Waals surface area contributed by atoms with Crippen LogP contribution >= 0.6 is 0 Å². The number of rotatable bonds is 7. The lowest BCUT2D eigenvalue weighted by atomic mass is 9.82. The van der Waals surface area contributed by atoms with Gasteiger partial charge >= 0.3 is 0 Å². The third-order valence-corrected chi connectivity index (χ3v) is 5.34. The summed E-state index contributed by atoms with van der Waals surface area (Å²) in [4.78, 5) is -0.169. The normalized spacial score (nSPS) is 12.3. The lowest BCUT2D eigenvalue weighted by Crippen LogP contribution is -2.16. The Labute approximate surface area is 157 Å². The van der Waals surface area contributed by atoms with Gasteiger partial charge in [-0.25, -0.2) is 0 Å². The summed E-state index contributed by atoms with van der Waals surface area (Å²) in [6.07, 6.45) is 4.05. The summed E-state index contributed by atoms with van der Waals surface area (Å²) in [6.45, 7) is 21.0. The number of hydrogen-bond acceptors (Lipinski definition) is 3. The van der Waals surface area contributed by atoms with Crippen LogP contribution in [-0.4, -0.2) is 13.0 Å². The van der Waals surface area contributed by atoms with Crippen LogP contribution in [0.2, 0.25) is 0 Å². The lowest BCUT2D eigenvalue weighted by Gasteiger charge is -2.26. The van der Waals surface area contributed by atoms with Gasteiger partial charge in [0.2, 0.25) is 0 Å². The van der Waals surface area contributed by atoms with E-state index < -0.39 is 10.1 Å². The highest BCUT2D eigenvalue weighted by Crippen LogP contribution is 2.44. The van der Waals surface area contributed by atoms with Crippen LogP contribution in [0.4, 0.5) is 5.69 Å². The zero-order chi connectivity index (χ0) is 20.4. The van der Waals surface area contributed by atoms with Gasteiger partial charge in [-0.2, -0.15) is 8.42 Å². The van der Waals surface area contributed by atoms with Gasteiger partial charge < -0.3 is 5.73 Å². The Balaban J connectivity index is 4.30. The van der Waals surface area contributed by atoms with Crippen LogP contribution in [0.1, 0.15) is 62.8 Å². The van der Waals surface area contributed by atoms with Crippen LogP contribution in [0.15, 0.2) is 42.4 Å². The molecule has 0 heterocycles. The number of anilines is 1.